The number of nitrogens with zero attached hydrogens (tertiary/aromatic N) is 1. The number of rotatable bonds is 8. The minimum atomic E-state index is -0.792. The normalized spacial score (nSPS) is 23.7. The molecule has 1 rings (SSSR count). The summed E-state index contributed by atoms with van der Waals surface area (Å²) in [5, 5.41) is 12.6. The van der Waals surface area contributed by atoms with Crippen LogP contribution in [0.2, 0.25) is 0 Å². The summed E-state index contributed by atoms with van der Waals surface area (Å²) in [6.45, 7) is 11.1. The molecular formula is C15H30N2O2. The lowest BCUT2D eigenvalue weighted by molar-refractivity contribution is -0.144. The third-order valence-corrected chi connectivity index (χ3v) is 4.32. The van der Waals surface area contributed by atoms with Crippen LogP contribution in [0.4, 0.5) is 0 Å². The SMILES string of the molecule is CCCNC(C)(CCN1CCCC1C(C)C)C(=O)O. The van der Waals surface area contributed by atoms with E-state index in [9.17, 15) is 9.90 Å². The Hall–Kier alpha value is -0.610. The Morgan fingerprint density at radius 1 is 1.53 bits per heavy atom. The van der Waals surface area contributed by atoms with Gasteiger partial charge in [0.05, 0.1) is 0 Å². The molecule has 0 aromatic rings. The van der Waals surface area contributed by atoms with E-state index in [1.165, 1.54) is 12.8 Å². The molecule has 4 nitrogen and oxygen atoms in total. The number of aliphatic carboxylic acids is 1. The quantitative estimate of drug-likeness (QED) is 0.711. The average molecular weight is 270 g/mol. The Balaban J connectivity index is 2.54. The van der Waals surface area contributed by atoms with E-state index in [1.807, 2.05) is 6.92 Å². The summed E-state index contributed by atoms with van der Waals surface area (Å²) in [5.41, 5.74) is -0.792. The molecule has 0 spiro atoms. The van der Waals surface area contributed by atoms with Crippen LogP contribution in [0.3, 0.4) is 0 Å². The summed E-state index contributed by atoms with van der Waals surface area (Å²) in [4.78, 5) is 13.9. The Morgan fingerprint density at radius 2 is 2.21 bits per heavy atom. The number of carboxylic acid groups (broad SMARTS) is 1. The molecule has 4 heteroatoms. The van der Waals surface area contributed by atoms with Crippen LogP contribution in [0.25, 0.3) is 0 Å². The Bertz CT molecular complexity index is 294. The highest BCUT2D eigenvalue weighted by molar-refractivity contribution is 5.78. The van der Waals surface area contributed by atoms with Crippen LogP contribution in [0.5, 0.6) is 0 Å². The van der Waals surface area contributed by atoms with Crippen molar-refractivity contribution in [3.8, 4) is 0 Å². The van der Waals surface area contributed by atoms with Gasteiger partial charge in [-0.2, -0.15) is 0 Å². The summed E-state index contributed by atoms with van der Waals surface area (Å²) in [6, 6.07) is 0.629. The van der Waals surface area contributed by atoms with E-state index in [-0.39, 0.29) is 0 Å². The first-order chi connectivity index (χ1) is 8.90. The van der Waals surface area contributed by atoms with Crippen molar-refractivity contribution < 1.29 is 9.90 Å². The van der Waals surface area contributed by atoms with Crippen LogP contribution in [0.1, 0.15) is 53.4 Å². The molecule has 1 fully saturated rings. The van der Waals surface area contributed by atoms with Gasteiger partial charge in [0, 0.05) is 12.6 Å². The van der Waals surface area contributed by atoms with Gasteiger partial charge in [-0.15, -0.1) is 0 Å². The maximum Gasteiger partial charge on any atom is 0.323 e. The fourth-order valence-corrected chi connectivity index (χ4v) is 2.92. The molecule has 2 atom stereocenters. The van der Waals surface area contributed by atoms with Crippen molar-refractivity contribution in [2.24, 2.45) is 5.92 Å². The van der Waals surface area contributed by atoms with Crippen molar-refractivity contribution in [2.75, 3.05) is 19.6 Å². The van der Waals surface area contributed by atoms with Crippen molar-refractivity contribution in [1.29, 1.82) is 0 Å². The van der Waals surface area contributed by atoms with Gasteiger partial charge in [0.1, 0.15) is 5.54 Å². The molecule has 2 N–H and O–H groups in total. The van der Waals surface area contributed by atoms with Crippen molar-refractivity contribution in [2.45, 2.75) is 65.0 Å². The lowest BCUT2D eigenvalue weighted by Gasteiger charge is -2.32. The van der Waals surface area contributed by atoms with Crippen molar-refractivity contribution in [1.82, 2.24) is 10.2 Å². The molecule has 0 aromatic heterocycles. The van der Waals surface area contributed by atoms with Gasteiger partial charge in [0.25, 0.3) is 0 Å². The molecule has 0 radical (unpaired) electrons. The van der Waals surface area contributed by atoms with Gasteiger partial charge in [-0.3, -0.25) is 4.79 Å². The van der Waals surface area contributed by atoms with E-state index >= 15 is 0 Å². The first kappa shape index (κ1) is 16.4. The molecule has 0 aromatic carbocycles. The smallest absolute Gasteiger partial charge is 0.323 e. The van der Waals surface area contributed by atoms with E-state index in [4.69, 9.17) is 0 Å². The monoisotopic (exact) mass is 270 g/mol. The molecule has 0 amide bonds. The fraction of sp³-hybridized carbons (Fsp3) is 0.933. The highest BCUT2D eigenvalue weighted by Gasteiger charge is 2.34. The number of hydrogen-bond acceptors (Lipinski definition) is 3. The predicted molar refractivity (Wildman–Crippen MR) is 78.4 cm³/mol. The fourth-order valence-electron chi connectivity index (χ4n) is 2.92. The van der Waals surface area contributed by atoms with Gasteiger partial charge < -0.3 is 15.3 Å². The zero-order valence-corrected chi connectivity index (χ0v) is 12.9. The van der Waals surface area contributed by atoms with Gasteiger partial charge in [-0.25, -0.2) is 0 Å². The van der Waals surface area contributed by atoms with Crippen LogP contribution in [-0.2, 0) is 4.79 Å². The molecule has 1 saturated heterocycles. The van der Waals surface area contributed by atoms with E-state index in [0.29, 0.717) is 18.4 Å². The Morgan fingerprint density at radius 3 is 2.74 bits per heavy atom. The number of carbonyl (C=O) groups is 1. The summed E-state index contributed by atoms with van der Waals surface area (Å²) in [6.07, 6.45) is 4.13. The maximum absolute atomic E-state index is 11.5. The second-order valence-corrected chi connectivity index (χ2v) is 6.30. The van der Waals surface area contributed by atoms with Crippen molar-refractivity contribution >= 4 is 5.97 Å². The number of nitrogens with one attached hydrogen (secondary N) is 1. The summed E-state index contributed by atoms with van der Waals surface area (Å²) in [7, 11) is 0. The molecule has 2 unspecified atom stereocenters. The first-order valence-corrected chi connectivity index (χ1v) is 7.63. The van der Waals surface area contributed by atoms with Crippen molar-refractivity contribution in [3.05, 3.63) is 0 Å². The van der Waals surface area contributed by atoms with Gasteiger partial charge in [-0.1, -0.05) is 20.8 Å². The Labute approximate surface area is 117 Å². The molecule has 1 aliphatic heterocycles. The topological polar surface area (TPSA) is 52.6 Å². The lowest BCUT2D eigenvalue weighted by atomic mass is 9.96. The first-order valence-electron chi connectivity index (χ1n) is 7.63. The largest absolute Gasteiger partial charge is 0.480 e. The average Bonchev–Trinajstić information content (AvgIpc) is 2.82. The molecular weight excluding hydrogens is 240 g/mol. The van der Waals surface area contributed by atoms with E-state index < -0.39 is 11.5 Å². The molecule has 1 aliphatic rings. The number of likely N-dealkylation sites (tertiary alicyclic amines) is 1. The highest BCUT2D eigenvalue weighted by Crippen LogP contribution is 2.25. The summed E-state index contributed by atoms with van der Waals surface area (Å²) in [5.74, 6) is -0.0802. The van der Waals surface area contributed by atoms with Crippen LogP contribution in [-0.4, -0.2) is 47.2 Å². The minimum absolute atomic E-state index is 0.629. The second kappa shape index (κ2) is 7.25. The molecule has 0 saturated carbocycles. The summed E-state index contributed by atoms with van der Waals surface area (Å²) >= 11 is 0. The highest BCUT2D eigenvalue weighted by atomic mass is 16.4. The van der Waals surface area contributed by atoms with Gasteiger partial charge >= 0.3 is 5.97 Å². The standard InChI is InChI=1S/C15H30N2O2/c1-5-9-16-15(4,14(18)19)8-11-17-10-6-7-13(17)12(2)3/h12-13,16H,5-11H2,1-4H3,(H,18,19). The van der Waals surface area contributed by atoms with Crippen LogP contribution in [0.15, 0.2) is 0 Å². The summed E-state index contributed by atoms with van der Waals surface area (Å²) < 4.78 is 0. The molecule has 112 valence electrons. The van der Waals surface area contributed by atoms with Crippen LogP contribution in [0, 0.1) is 5.92 Å². The van der Waals surface area contributed by atoms with Gasteiger partial charge in [0.15, 0.2) is 0 Å². The van der Waals surface area contributed by atoms with Crippen molar-refractivity contribution in [3.63, 3.8) is 0 Å². The molecule has 0 aliphatic carbocycles. The third-order valence-electron chi connectivity index (χ3n) is 4.32. The third kappa shape index (κ3) is 4.46. The van der Waals surface area contributed by atoms with E-state index in [0.717, 1.165) is 26.1 Å². The van der Waals surface area contributed by atoms with E-state index in [1.54, 1.807) is 0 Å². The molecule has 1 heterocycles. The van der Waals surface area contributed by atoms with Gasteiger partial charge in [-0.05, 0) is 51.6 Å². The van der Waals surface area contributed by atoms with Crippen LogP contribution < -0.4 is 5.32 Å². The zero-order valence-electron chi connectivity index (χ0n) is 12.9. The number of carboxylic acids is 1. The second-order valence-electron chi connectivity index (χ2n) is 6.30. The van der Waals surface area contributed by atoms with Crippen LogP contribution >= 0.6 is 0 Å². The van der Waals surface area contributed by atoms with E-state index in [2.05, 4.69) is 31.0 Å². The number of hydrogen-bond donors (Lipinski definition) is 2. The molecule has 19 heavy (non-hydrogen) atoms. The minimum Gasteiger partial charge on any atom is -0.480 e. The maximum atomic E-state index is 11.5. The molecule has 0 bridgehead atoms. The lowest BCUT2D eigenvalue weighted by Crippen LogP contribution is -2.52. The predicted octanol–water partition coefficient (Wildman–Crippen LogP) is 2.34. The van der Waals surface area contributed by atoms with Gasteiger partial charge in [0.2, 0.25) is 0 Å². The zero-order chi connectivity index (χ0) is 14.5. The Kier molecular flexibility index (Phi) is 6.27.